The summed E-state index contributed by atoms with van der Waals surface area (Å²) in [6, 6.07) is 10.5. The zero-order valence-corrected chi connectivity index (χ0v) is 9.47. The summed E-state index contributed by atoms with van der Waals surface area (Å²) in [6.45, 7) is 0.341. The number of aromatic nitrogens is 2. The summed E-state index contributed by atoms with van der Waals surface area (Å²) in [6.07, 6.45) is 0. The molecule has 0 fully saturated rings. The maximum atomic E-state index is 11.7. The molecule has 4 N–H and O–H groups in total. The Morgan fingerprint density at radius 3 is 3.00 bits per heavy atom. The Morgan fingerprint density at radius 2 is 2.33 bits per heavy atom. The lowest BCUT2D eigenvalue weighted by molar-refractivity contribution is 0.0946. The molecule has 6 nitrogen and oxygen atoms in total. The van der Waals surface area contributed by atoms with Crippen molar-refractivity contribution in [1.29, 1.82) is 5.26 Å². The minimum absolute atomic E-state index is 0.270. The van der Waals surface area contributed by atoms with Gasteiger partial charge in [0.25, 0.3) is 5.91 Å². The Balaban J connectivity index is 1.99. The van der Waals surface area contributed by atoms with Crippen LogP contribution in [-0.4, -0.2) is 16.1 Å². The van der Waals surface area contributed by atoms with Crippen LogP contribution in [0.2, 0.25) is 0 Å². The first kappa shape index (κ1) is 11.7. The highest BCUT2D eigenvalue weighted by Crippen LogP contribution is 2.05. The van der Waals surface area contributed by atoms with Gasteiger partial charge in [-0.1, -0.05) is 12.1 Å². The SMILES string of the molecule is N#Cc1cccc(CNC(=O)c2cc(N)n[nH]2)c1. The molecule has 0 spiro atoms. The number of nitrogens with two attached hydrogens (primary N) is 1. The number of hydrogen-bond acceptors (Lipinski definition) is 4. The minimum Gasteiger partial charge on any atom is -0.382 e. The number of aromatic amines is 1. The van der Waals surface area contributed by atoms with Gasteiger partial charge >= 0.3 is 0 Å². The van der Waals surface area contributed by atoms with E-state index >= 15 is 0 Å². The number of amides is 1. The molecule has 0 saturated heterocycles. The van der Waals surface area contributed by atoms with Crippen LogP contribution >= 0.6 is 0 Å². The highest BCUT2D eigenvalue weighted by Gasteiger charge is 2.08. The third-order valence-corrected chi connectivity index (χ3v) is 2.35. The fraction of sp³-hybridized carbons (Fsp3) is 0.0833. The number of rotatable bonds is 3. The third kappa shape index (κ3) is 2.65. The van der Waals surface area contributed by atoms with E-state index in [9.17, 15) is 4.79 Å². The molecule has 90 valence electrons. The van der Waals surface area contributed by atoms with E-state index < -0.39 is 0 Å². The predicted molar refractivity (Wildman–Crippen MR) is 65.3 cm³/mol. The van der Waals surface area contributed by atoms with E-state index in [0.717, 1.165) is 5.56 Å². The lowest BCUT2D eigenvalue weighted by Gasteiger charge is -2.03. The van der Waals surface area contributed by atoms with E-state index in [1.54, 1.807) is 18.2 Å². The molecule has 18 heavy (non-hydrogen) atoms. The van der Waals surface area contributed by atoms with Crippen molar-refractivity contribution >= 4 is 11.7 Å². The topological polar surface area (TPSA) is 108 Å². The summed E-state index contributed by atoms with van der Waals surface area (Å²) in [7, 11) is 0. The highest BCUT2D eigenvalue weighted by molar-refractivity contribution is 5.92. The van der Waals surface area contributed by atoms with E-state index in [2.05, 4.69) is 15.5 Å². The number of nitrogen functional groups attached to an aromatic ring is 1. The van der Waals surface area contributed by atoms with E-state index in [4.69, 9.17) is 11.0 Å². The van der Waals surface area contributed by atoms with Crippen LogP contribution in [0.4, 0.5) is 5.82 Å². The first-order chi connectivity index (χ1) is 8.69. The van der Waals surface area contributed by atoms with Crippen LogP contribution in [-0.2, 0) is 6.54 Å². The molecule has 2 rings (SSSR count). The summed E-state index contributed by atoms with van der Waals surface area (Å²) in [5.41, 5.74) is 7.13. The third-order valence-electron chi connectivity index (χ3n) is 2.35. The number of hydrogen-bond donors (Lipinski definition) is 3. The molecule has 0 saturated carbocycles. The van der Waals surface area contributed by atoms with Gasteiger partial charge in [0.2, 0.25) is 0 Å². The fourth-order valence-corrected chi connectivity index (χ4v) is 1.48. The van der Waals surface area contributed by atoms with Gasteiger partial charge in [-0.25, -0.2) is 0 Å². The quantitative estimate of drug-likeness (QED) is 0.738. The molecule has 6 heteroatoms. The normalized spacial score (nSPS) is 9.72. The van der Waals surface area contributed by atoms with Crippen molar-refractivity contribution in [2.45, 2.75) is 6.54 Å². The Hall–Kier alpha value is -2.81. The minimum atomic E-state index is -0.290. The molecule has 0 aliphatic heterocycles. The van der Waals surface area contributed by atoms with Crippen molar-refractivity contribution in [3.05, 3.63) is 47.2 Å². The maximum absolute atomic E-state index is 11.7. The largest absolute Gasteiger partial charge is 0.382 e. The monoisotopic (exact) mass is 241 g/mol. The first-order valence-corrected chi connectivity index (χ1v) is 5.27. The van der Waals surface area contributed by atoms with E-state index in [0.29, 0.717) is 17.8 Å². The average molecular weight is 241 g/mol. The Morgan fingerprint density at radius 1 is 1.50 bits per heavy atom. The number of H-pyrrole nitrogens is 1. The van der Waals surface area contributed by atoms with Crippen molar-refractivity contribution in [1.82, 2.24) is 15.5 Å². The van der Waals surface area contributed by atoms with Gasteiger partial charge in [0.15, 0.2) is 0 Å². The zero-order valence-electron chi connectivity index (χ0n) is 9.47. The summed E-state index contributed by atoms with van der Waals surface area (Å²) in [4.78, 5) is 11.7. The number of carbonyl (C=O) groups is 1. The number of anilines is 1. The maximum Gasteiger partial charge on any atom is 0.269 e. The smallest absolute Gasteiger partial charge is 0.269 e. The number of benzene rings is 1. The van der Waals surface area contributed by atoms with Crippen molar-refractivity contribution < 1.29 is 4.79 Å². The van der Waals surface area contributed by atoms with Crippen LogP contribution < -0.4 is 11.1 Å². The van der Waals surface area contributed by atoms with Gasteiger partial charge < -0.3 is 11.1 Å². The summed E-state index contributed by atoms with van der Waals surface area (Å²) >= 11 is 0. The molecule has 1 aromatic carbocycles. The molecule has 0 aliphatic rings. The molecule has 0 unspecified atom stereocenters. The molecular formula is C12H11N5O. The molecule has 0 radical (unpaired) electrons. The Bertz CT molecular complexity index is 611. The van der Waals surface area contributed by atoms with Crippen molar-refractivity contribution in [3.8, 4) is 6.07 Å². The van der Waals surface area contributed by atoms with Gasteiger partial charge in [0.1, 0.15) is 11.5 Å². The van der Waals surface area contributed by atoms with Gasteiger partial charge in [-0.05, 0) is 17.7 Å². The van der Waals surface area contributed by atoms with E-state index in [1.165, 1.54) is 6.07 Å². The average Bonchev–Trinajstić information content (AvgIpc) is 2.83. The summed E-state index contributed by atoms with van der Waals surface area (Å²) in [5.74, 6) is -0.0202. The standard InChI is InChI=1S/C12H11N5O/c13-6-8-2-1-3-9(4-8)7-15-12(18)10-5-11(14)17-16-10/h1-5H,7H2,(H,15,18)(H3,14,16,17). The number of nitrogens with one attached hydrogen (secondary N) is 2. The molecular weight excluding hydrogens is 230 g/mol. The number of nitrogens with zero attached hydrogens (tertiary/aromatic N) is 2. The van der Waals surface area contributed by atoms with Gasteiger partial charge in [0.05, 0.1) is 11.6 Å². The van der Waals surface area contributed by atoms with Crippen molar-refractivity contribution in [2.24, 2.45) is 0 Å². The second-order valence-electron chi connectivity index (χ2n) is 3.70. The summed E-state index contributed by atoms with van der Waals surface area (Å²) < 4.78 is 0. The first-order valence-electron chi connectivity index (χ1n) is 5.27. The van der Waals surface area contributed by atoms with Crippen LogP contribution in [0.5, 0.6) is 0 Å². The van der Waals surface area contributed by atoms with Crippen LogP contribution in [0, 0.1) is 11.3 Å². The van der Waals surface area contributed by atoms with Gasteiger partial charge in [0, 0.05) is 12.6 Å². The molecule has 0 bridgehead atoms. The van der Waals surface area contributed by atoms with Crippen LogP contribution in [0.15, 0.2) is 30.3 Å². The molecule has 1 amide bonds. The number of carbonyl (C=O) groups excluding carboxylic acids is 1. The zero-order chi connectivity index (χ0) is 13.0. The predicted octanol–water partition coefficient (Wildman–Crippen LogP) is 0.794. The van der Waals surface area contributed by atoms with E-state index in [1.807, 2.05) is 12.1 Å². The van der Waals surface area contributed by atoms with Crippen LogP contribution in [0.3, 0.4) is 0 Å². The Labute approximate surface area is 103 Å². The molecule has 0 aliphatic carbocycles. The van der Waals surface area contributed by atoms with Crippen molar-refractivity contribution in [2.75, 3.05) is 5.73 Å². The number of nitriles is 1. The Kier molecular flexibility index (Phi) is 3.25. The van der Waals surface area contributed by atoms with Crippen LogP contribution in [0.25, 0.3) is 0 Å². The van der Waals surface area contributed by atoms with Crippen molar-refractivity contribution in [3.63, 3.8) is 0 Å². The van der Waals surface area contributed by atoms with Gasteiger partial charge in [-0.2, -0.15) is 10.4 Å². The van der Waals surface area contributed by atoms with Crippen LogP contribution in [0.1, 0.15) is 21.6 Å². The van der Waals surface area contributed by atoms with Gasteiger partial charge in [-0.3, -0.25) is 9.89 Å². The second kappa shape index (κ2) is 5.01. The van der Waals surface area contributed by atoms with Gasteiger partial charge in [-0.15, -0.1) is 0 Å². The fourth-order valence-electron chi connectivity index (χ4n) is 1.48. The molecule has 1 heterocycles. The second-order valence-corrected chi connectivity index (χ2v) is 3.70. The van der Waals surface area contributed by atoms with E-state index in [-0.39, 0.29) is 11.7 Å². The molecule has 2 aromatic rings. The highest BCUT2D eigenvalue weighted by atomic mass is 16.1. The molecule has 1 aromatic heterocycles. The lowest BCUT2D eigenvalue weighted by atomic mass is 10.1. The summed E-state index contributed by atoms with van der Waals surface area (Å²) in [5, 5.41) is 17.7. The lowest BCUT2D eigenvalue weighted by Crippen LogP contribution is -2.23. The molecule has 0 atom stereocenters.